The van der Waals surface area contributed by atoms with Crippen molar-refractivity contribution in [2.24, 2.45) is 5.41 Å². The van der Waals surface area contributed by atoms with Crippen LogP contribution in [0.25, 0.3) is 22.5 Å². The van der Waals surface area contributed by atoms with Gasteiger partial charge in [-0.2, -0.15) is 5.10 Å². The molecule has 1 aromatic carbocycles. The molecule has 1 aliphatic heterocycles. The molecule has 4 rings (SSSR count). The van der Waals surface area contributed by atoms with Crippen molar-refractivity contribution in [1.29, 1.82) is 0 Å². The molecule has 0 fully saturated rings. The van der Waals surface area contributed by atoms with Crippen molar-refractivity contribution in [3.05, 3.63) is 58.5 Å². The molecule has 1 N–H and O–H groups in total. The highest BCUT2D eigenvalue weighted by Gasteiger charge is 2.35. The third-order valence-electron chi connectivity index (χ3n) is 5.45. The molecule has 0 spiro atoms. The largest absolute Gasteiger partial charge is 0.497 e. The van der Waals surface area contributed by atoms with E-state index in [1.807, 2.05) is 33.5 Å². The lowest BCUT2D eigenvalue weighted by molar-refractivity contribution is 0.0693. The molecule has 3 aromatic rings. The van der Waals surface area contributed by atoms with E-state index in [0.717, 1.165) is 22.6 Å². The minimum Gasteiger partial charge on any atom is -0.497 e. The summed E-state index contributed by atoms with van der Waals surface area (Å²) < 4.78 is 9.17. The summed E-state index contributed by atoms with van der Waals surface area (Å²) in [4.78, 5) is 24.1. The smallest absolute Gasteiger partial charge is 0.341 e. The number of fused-ring (bicyclic) bond motifs is 3. The Kier molecular flexibility index (Phi) is 4.33. The summed E-state index contributed by atoms with van der Waals surface area (Å²) in [5.41, 5.74) is 2.35. The number of aromatic carboxylic acids is 1. The van der Waals surface area contributed by atoms with E-state index in [9.17, 15) is 14.7 Å². The predicted octanol–water partition coefficient (Wildman–Crippen LogP) is 3.69. The Labute approximate surface area is 168 Å². The van der Waals surface area contributed by atoms with Crippen LogP contribution in [0.2, 0.25) is 0 Å². The van der Waals surface area contributed by atoms with Crippen molar-refractivity contribution in [1.82, 2.24) is 14.3 Å². The highest BCUT2D eigenvalue weighted by atomic mass is 16.5. The molecule has 0 aliphatic carbocycles. The van der Waals surface area contributed by atoms with Crippen LogP contribution in [0.4, 0.5) is 0 Å². The number of nitrogens with zero attached hydrogens (tertiary/aromatic N) is 3. The highest BCUT2D eigenvalue weighted by molar-refractivity contribution is 5.88. The van der Waals surface area contributed by atoms with E-state index >= 15 is 0 Å². The number of methoxy groups -OCH3 is 1. The van der Waals surface area contributed by atoms with Crippen LogP contribution < -0.4 is 10.2 Å². The number of carbonyl (C=O) groups is 1. The molecule has 3 heterocycles. The van der Waals surface area contributed by atoms with E-state index in [4.69, 9.17) is 4.74 Å². The molecule has 2 aromatic heterocycles. The number of hydrogen-bond donors (Lipinski definition) is 1. The molecule has 0 saturated heterocycles. The predicted molar refractivity (Wildman–Crippen MR) is 109 cm³/mol. The Morgan fingerprint density at radius 3 is 2.69 bits per heavy atom. The van der Waals surface area contributed by atoms with Gasteiger partial charge in [0.2, 0.25) is 0 Å². The average molecular weight is 393 g/mol. The first-order valence-electron chi connectivity index (χ1n) is 9.41. The van der Waals surface area contributed by atoms with Gasteiger partial charge in [0, 0.05) is 17.8 Å². The Morgan fingerprint density at radius 2 is 2.03 bits per heavy atom. The van der Waals surface area contributed by atoms with Crippen molar-refractivity contribution in [3.8, 4) is 28.3 Å². The summed E-state index contributed by atoms with van der Waals surface area (Å²) >= 11 is 0. The van der Waals surface area contributed by atoms with Crippen LogP contribution >= 0.6 is 0 Å². The molecule has 1 aliphatic rings. The first-order valence-corrected chi connectivity index (χ1v) is 9.41. The fraction of sp³-hybridized carbons (Fsp3) is 0.318. The van der Waals surface area contributed by atoms with Gasteiger partial charge in [0.1, 0.15) is 11.3 Å². The second-order valence-corrected chi connectivity index (χ2v) is 8.35. The first-order chi connectivity index (χ1) is 13.7. The van der Waals surface area contributed by atoms with Gasteiger partial charge < -0.3 is 14.4 Å². The Bertz CT molecular complexity index is 1170. The zero-order valence-electron chi connectivity index (χ0n) is 16.8. The van der Waals surface area contributed by atoms with Crippen molar-refractivity contribution < 1.29 is 14.6 Å². The fourth-order valence-corrected chi connectivity index (χ4v) is 3.90. The van der Waals surface area contributed by atoms with E-state index in [0.29, 0.717) is 12.2 Å². The lowest BCUT2D eigenvalue weighted by atomic mass is 9.84. The van der Waals surface area contributed by atoms with Crippen molar-refractivity contribution in [2.75, 3.05) is 7.11 Å². The van der Waals surface area contributed by atoms with Gasteiger partial charge in [-0.05, 0) is 23.1 Å². The molecular formula is C22H23N3O4. The van der Waals surface area contributed by atoms with Gasteiger partial charge in [-0.25, -0.2) is 4.79 Å². The summed E-state index contributed by atoms with van der Waals surface area (Å²) in [6, 6.07) is 9.01. The van der Waals surface area contributed by atoms with E-state index < -0.39 is 11.4 Å². The van der Waals surface area contributed by atoms with Gasteiger partial charge >= 0.3 is 5.97 Å². The number of hydrogen-bond acceptors (Lipinski definition) is 4. The Balaban J connectivity index is 1.99. The lowest BCUT2D eigenvalue weighted by Crippen LogP contribution is -2.35. The monoisotopic (exact) mass is 393 g/mol. The van der Waals surface area contributed by atoms with Crippen LogP contribution in [-0.4, -0.2) is 32.5 Å². The van der Waals surface area contributed by atoms with E-state index in [1.165, 1.54) is 12.3 Å². The van der Waals surface area contributed by atoms with Gasteiger partial charge in [-0.3, -0.25) is 9.48 Å². The minimum atomic E-state index is -1.22. The molecule has 0 saturated carbocycles. The standard InChI is InChI=1S/C22H23N3O4/c1-22(2,3)19-12-25-20(17-9-18(26)16(21(27)28)11-24(17)19)15(10-23-25)13-6-5-7-14(8-13)29-4/h5-11,19H,12H2,1-4H3,(H,27,28)/t19-/m0/s1. The summed E-state index contributed by atoms with van der Waals surface area (Å²) in [5.74, 6) is -0.491. The van der Waals surface area contributed by atoms with Crippen LogP contribution in [0.15, 0.2) is 47.5 Å². The van der Waals surface area contributed by atoms with Gasteiger partial charge in [-0.15, -0.1) is 0 Å². The van der Waals surface area contributed by atoms with Crippen LogP contribution in [0.5, 0.6) is 5.75 Å². The van der Waals surface area contributed by atoms with Crippen molar-refractivity contribution in [3.63, 3.8) is 0 Å². The third kappa shape index (κ3) is 3.12. The summed E-state index contributed by atoms with van der Waals surface area (Å²) in [6.45, 7) is 6.87. The fourth-order valence-electron chi connectivity index (χ4n) is 3.90. The molecular weight excluding hydrogens is 370 g/mol. The zero-order chi connectivity index (χ0) is 20.9. The van der Waals surface area contributed by atoms with E-state index in [-0.39, 0.29) is 17.0 Å². The number of rotatable bonds is 3. The quantitative estimate of drug-likeness (QED) is 0.733. The molecule has 7 heteroatoms. The SMILES string of the molecule is COc1cccc(-c2cnn3c2-c2cc(=O)c(C(=O)O)cn2[C@H](C(C)(C)C)C3)c1. The van der Waals surface area contributed by atoms with Gasteiger partial charge in [0.25, 0.3) is 0 Å². The Morgan fingerprint density at radius 1 is 1.28 bits per heavy atom. The lowest BCUT2D eigenvalue weighted by Gasteiger charge is -2.38. The number of ether oxygens (including phenoxy) is 1. The average Bonchev–Trinajstić information content (AvgIpc) is 3.10. The molecule has 0 amide bonds. The maximum atomic E-state index is 12.5. The van der Waals surface area contributed by atoms with Crippen LogP contribution in [0.3, 0.4) is 0 Å². The van der Waals surface area contributed by atoms with Crippen molar-refractivity contribution >= 4 is 5.97 Å². The molecule has 1 atom stereocenters. The number of aromatic nitrogens is 3. The number of carboxylic acid groups (broad SMARTS) is 1. The number of carboxylic acids is 1. The van der Waals surface area contributed by atoms with Crippen LogP contribution in [0, 0.1) is 5.41 Å². The van der Waals surface area contributed by atoms with E-state index in [2.05, 4.69) is 25.9 Å². The highest BCUT2D eigenvalue weighted by Crippen LogP contribution is 2.42. The summed E-state index contributed by atoms with van der Waals surface area (Å²) in [6.07, 6.45) is 3.26. The zero-order valence-corrected chi connectivity index (χ0v) is 16.8. The minimum absolute atomic E-state index is 0.0539. The topological polar surface area (TPSA) is 86.3 Å². The molecule has 29 heavy (non-hydrogen) atoms. The summed E-state index contributed by atoms with van der Waals surface area (Å²) in [5, 5.41) is 14.0. The molecule has 0 unspecified atom stereocenters. The maximum Gasteiger partial charge on any atom is 0.341 e. The molecule has 150 valence electrons. The second kappa shape index (κ2) is 6.62. The second-order valence-electron chi connectivity index (χ2n) is 8.35. The Hall–Kier alpha value is -3.35. The van der Waals surface area contributed by atoms with Gasteiger partial charge in [0.15, 0.2) is 5.43 Å². The number of pyridine rings is 1. The molecule has 0 bridgehead atoms. The van der Waals surface area contributed by atoms with E-state index in [1.54, 1.807) is 13.3 Å². The van der Waals surface area contributed by atoms with Gasteiger partial charge in [-0.1, -0.05) is 32.9 Å². The summed E-state index contributed by atoms with van der Waals surface area (Å²) in [7, 11) is 1.61. The normalized spacial score (nSPS) is 15.5. The molecule has 7 nitrogen and oxygen atoms in total. The van der Waals surface area contributed by atoms with Crippen LogP contribution in [-0.2, 0) is 6.54 Å². The number of benzene rings is 1. The molecule has 0 radical (unpaired) electrons. The maximum absolute atomic E-state index is 12.5. The first kappa shape index (κ1) is 19.0. The van der Waals surface area contributed by atoms with Crippen molar-refractivity contribution in [2.45, 2.75) is 33.4 Å². The van der Waals surface area contributed by atoms with Crippen LogP contribution in [0.1, 0.15) is 37.2 Å². The third-order valence-corrected chi connectivity index (χ3v) is 5.45. The van der Waals surface area contributed by atoms with Gasteiger partial charge in [0.05, 0.1) is 37.3 Å².